The largest absolute Gasteiger partial charge is 0.497 e. The van der Waals surface area contributed by atoms with Crippen LogP contribution in [0.15, 0.2) is 48.5 Å². The van der Waals surface area contributed by atoms with E-state index < -0.39 is 5.97 Å². The highest BCUT2D eigenvalue weighted by Crippen LogP contribution is 2.36. The van der Waals surface area contributed by atoms with Crippen molar-refractivity contribution in [3.63, 3.8) is 0 Å². The molecule has 2 saturated carbocycles. The smallest absolute Gasteiger partial charge is 0.364 e. The lowest BCUT2D eigenvalue weighted by Crippen LogP contribution is -2.25. The van der Waals surface area contributed by atoms with Gasteiger partial charge in [-0.15, -0.1) is 5.10 Å². The van der Waals surface area contributed by atoms with Crippen LogP contribution in [-0.4, -0.2) is 46.9 Å². The minimum atomic E-state index is -0.518. The second-order valence-electron chi connectivity index (χ2n) is 9.45. The van der Waals surface area contributed by atoms with Crippen LogP contribution in [0.4, 0.5) is 0 Å². The number of benzene rings is 2. The van der Waals surface area contributed by atoms with Gasteiger partial charge in [0.05, 0.1) is 26.4 Å². The monoisotopic (exact) mass is 491 g/mol. The number of hydrogen-bond donors (Lipinski definition) is 0. The summed E-state index contributed by atoms with van der Waals surface area (Å²) in [5, 5.41) is 8.32. The number of rotatable bonds is 10. The van der Waals surface area contributed by atoms with Gasteiger partial charge in [-0.05, 0) is 86.8 Å². The van der Waals surface area contributed by atoms with Crippen LogP contribution in [0.25, 0.3) is 0 Å². The van der Waals surface area contributed by atoms with Crippen LogP contribution in [0, 0.1) is 0 Å². The van der Waals surface area contributed by atoms with Crippen molar-refractivity contribution in [3.05, 3.63) is 65.4 Å². The van der Waals surface area contributed by atoms with Crippen molar-refractivity contribution in [3.8, 4) is 17.4 Å². The highest BCUT2D eigenvalue weighted by Gasteiger charge is 2.29. The molecule has 1 heterocycles. The van der Waals surface area contributed by atoms with Gasteiger partial charge in [0.15, 0.2) is 0 Å². The van der Waals surface area contributed by atoms with E-state index in [0.29, 0.717) is 24.4 Å². The first-order valence-corrected chi connectivity index (χ1v) is 12.8. The van der Waals surface area contributed by atoms with E-state index in [-0.39, 0.29) is 18.4 Å². The molecule has 36 heavy (non-hydrogen) atoms. The first kappa shape index (κ1) is 24.2. The number of esters is 1. The van der Waals surface area contributed by atoms with Gasteiger partial charge in [0.25, 0.3) is 0 Å². The fourth-order valence-corrected chi connectivity index (χ4v) is 4.62. The minimum Gasteiger partial charge on any atom is -0.497 e. The van der Waals surface area contributed by atoms with Crippen LogP contribution >= 0.6 is 0 Å². The average Bonchev–Trinajstić information content (AvgIpc) is 3.64. The number of hydrogen-bond acceptors (Lipinski definition) is 7. The molecule has 2 aliphatic rings. The second-order valence-corrected chi connectivity index (χ2v) is 9.45. The number of nitrogens with zero attached hydrogens (tertiary/aromatic N) is 3. The third-order valence-electron chi connectivity index (χ3n) is 6.78. The third kappa shape index (κ3) is 5.80. The van der Waals surface area contributed by atoms with Gasteiger partial charge in [0.2, 0.25) is 11.6 Å². The van der Waals surface area contributed by atoms with Crippen molar-refractivity contribution in [1.29, 1.82) is 0 Å². The Balaban J connectivity index is 1.25. The Morgan fingerprint density at radius 3 is 2.17 bits per heavy atom. The normalized spacial score (nSPS) is 19.5. The Morgan fingerprint density at radius 1 is 0.889 bits per heavy atom. The van der Waals surface area contributed by atoms with E-state index in [0.717, 1.165) is 55.6 Å². The number of carbonyl (C=O) groups is 1. The third-order valence-corrected chi connectivity index (χ3v) is 6.78. The summed E-state index contributed by atoms with van der Waals surface area (Å²) in [6.45, 7) is 2.46. The molecule has 0 aliphatic heterocycles. The first-order chi connectivity index (χ1) is 17.6. The van der Waals surface area contributed by atoms with E-state index in [9.17, 15) is 4.79 Å². The first-order valence-electron chi connectivity index (χ1n) is 12.8. The van der Waals surface area contributed by atoms with Gasteiger partial charge in [-0.1, -0.05) is 29.5 Å². The zero-order valence-corrected chi connectivity index (χ0v) is 20.9. The second kappa shape index (κ2) is 11.0. The fraction of sp³-hybridized carbons (Fsp3) is 0.464. The lowest BCUT2D eigenvalue weighted by Gasteiger charge is -2.29. The Labute approximate surface area is 211 Å². The van der Waals surface area contributed by atoms with E-state index in [4.69, 9.17) is 18.9 Å². The molecule has 0 saturated heterocycles. The van der Waals surface area contributed by atoms with Crippen molar-refractivity contribution in [2.24, 2.45) is 0 Å². The molecule has 0 unspecified atom stereocenters. The van der Waals surface area contributed by atoms with Gasteiger partial charge < -0.3 is 18.9 Å². The average molecular weight is 492 g/mol. The minimum absolute atomic E-state index is 0.0139. The molecule has 0 atom stereocenters. The van der Waals surface area contributed by atoms with Gasteiger partial charge in [-0.3, -0.25) is 0 Å². The maximum Gasteiger partial charge on any atom is 0.364 e. The van der Waals surface area contributed by atoms with Crippen LogP contribution in [0.3, 0.4) is 0 Å². The maximum atomic E-state index is 12.5. The van der Waals surface area contributed by atoms with Crippen LogP contribution < -0.4 is 14.2 Å². The maximum absolute atomic E-state index is 12.5. The zero-order valence-electron chi connectivity index (χ0n) is 20.9. The summed E-state index contributed by atoms with van der Waals surface area (Å²) in [4.78, 5) is 12.5. The van der Waals surface area contributed by atoms with E-state index in [1.807, 2.05) is 24.3 Å². The van der Waals surface area contributed by atoms with Crippen molar-refractivity contribution >= 4 is 5.97 Å². The van der Waals surface area contributed by atoms with Gasteiger partial charge in [-0.2, -0.15) is 0 Å². The molecule has 0 spiro atoms. The molecule has 0 radical (unpaired) electrons. The molecule has 2 fully saturated rings. The molecular formula is C28H33N3O5. The number of ether oxygens (including phenoxy) is 4. The number of carbonyl (C=O) groups excluding carboxylic acids is 1. The van der Waals surface area contributed by atoms with Crippen LogP contribution in [0.5, 0.6) is 17.4 Å². The van der Waals surface area contributed by atoms with Crippen LogP contribution in [-0.2, 0) is 11.3 Å². The summed E-state index contributed by atoms with van der Waals surface area (Å²) >= 11 is 0. The van der Waals surface area contributed by atoms with E-state index in [2.05, 4.69) is 34.6 Å². The molecular weight excluding hydrogens is 458 g/mol. The van der Waals surface area contributed by atoms with E-state index in [1.54, 1.807) is 18.7 Å². The summed E-state index contributed by atoms with van der Waals surface area (Å²) in [5.74, 6) is 2.09. The summed E-state index contributed by atoms with van der Waals surface area (Å²) in [6.07, 6.45) is 6.54. The molecule has 0 amide bonds. The summed E-state index contributed by atoms with van der Waals surface area (Å²) in [5.41, 5.74) is 2.47. The SMILES string of the molecule is CCOC(=O)c1nnn(Cc2ccc(OC)cc2)c1O[C@H]1CC[C@H](c2ccc(OC3CC3)cc2)CC1. The molecule has 2 aromatic carbocycles. The highest BCUT2D eigenvalue weighted by molar-refractivity contribution is 5.89. The standard InChI is InChI=1S/C28H33N3O5/c1-3-34-28(32)26-27(31(30-29-26)18-19-4-10-22(33-2)11-5-19)36-25-14-8-21(9-15-25)20-6-12-23(13-7-20)35-24-16-17-24/h4-7,10-13,21,24-25H,3,8-9,14-18H2,1-2H3/t21-,25-. The van der Waals surface area contributed by atoms with E-state index >= 15 is 0 Å². The van der Waals surface area contributed by atoms with Crippen molar-refractivity contribution in [2.45, 2.75) is 70.1 Å². The molecule has 8 heteroatoms. The van der Waals surface area contributed by atoms with Gasteiger partial charge >= 0.3 is 5.97 Å². The molecule has 3 aromatic rings. The molecule has 1 aromatic heterocycles. The van der Waals surface area contributed by atoms with Crippen molar-refractivity contribution in [1.82, 2.24) is 15.0 Å². The van der Waals surface area contributed by atoms with Gasteiger partial charge in [0, 0.05) is 0 Å². The zero-order chi connectivity index (χ0) is 24.9. The molecule has 0 N–H and O–H groups in total. The Hall–Kier alpha value is -3.55. The Bertz CT molecular complexity index is 1150. The summed E-state index contributed by atoms with van der Waals surface area (Å²) in [6, 6.07) is 16.3. The van der Waals surface area contributed by atoms with Crippen LogP contribution in [0.1, 0.15) is 73.0 Å². The highest BCUT2D eigenvalue weighted by atomic mass is 16.5. The van der Waals surface area contributed by atoms with Gasteiger partial charge in [-0.25, -0.2) is 9.48 Å². The number of methoxy groups -OCH3 is 1. The summed E-state index contributed by atoms with van der Waals surface area (Å²) in [7, 11) is 1.64. The molecule has 190 valence electrons. The molecule has 0 bridgehead atoms. The number of aromatic nitrogens is 3. The molecule has 8 nitrogen and oxygen atoms in total. The lowest BCUT2D eigenvalue weighted by atomic mass is 9.83. The van der Waals surface area contributed by atoms with Crippen molar-refractivity contribution in [2.75, 3.05) is 13.7 Å². The quantitative estimate of drug-likeness (QED) is 0.362. The fourth-order valence-electron chi connectivity index (χ4n) is 4.62. The lowest BCUT2D eigenvalue weighted by molar-refractivity contribution is 0.0507. The van der Waals surface area contributed by atoms with E-state index in [1.165, 1.54) is 5.56 Å². The predicted octanol–water partition coefficient (Wildman–Crippen LogP) is 5.16. The molecule has 5 rings (SSSR count). The summed E-state index contributed by atoms with van der Waals surface area (Å²) < 4.78 is 24.4. The van der Waals surface area contributed by atoms with Gasteiger partial charge in [0.1, 0.15) is 17.6 Å². The predicted molar refractivity (Wildman–Crippen MR) is 134 cm³/mol. The molecule has 2 aliphatic carbocycles. The topological polar surface area (TPSA) is 84.7 Å². The Kier molecular flexibility index (Phi) is 7.39. The van der Waals surface area contributed by atoms with Crippen molar-refractivity contribution < 1.29 is 23.7 Å². The Morgan fingerprint density at radius 2 is 1.53 bits per heavy atom. The van der Waals surface area contributed by atoms with Crippen LogP contribution in [0.2, 0.25) is 0 Å².